The third-order valence-corrected chi connectivity index (χ3v) is 4.11. The Balaban J connectivity index is 1.74. The van der Waals surface area contributed by atoms with E-state index in [1.54, 1.807) is 22.3 Å². The maximum absolute atomic E-state index is 4.47. The molecule has 0 spiro atoms. The van der Waals surface area contributed by atoms with E-state index in [1.165, 1.54) is 4.88 Å². The number of aromatic nitrogens is 4. The fraction of sp³-hybridized carbons (Fsp3) is 0.615. The molecule has 2 aromatic rings. The van der Waals surface area contributed by atoms with Crippen molar-refractivity contribution in [3.05, 3.63) is 23.2 Å². The van der Waals surface area contributed by atoms with Gasteiger partial charge in [-0.25, -0.2) is 9.97 Å². The molecular formula is C13H22N6S. The van der Waals surface area contributed by atoms with E-state index in [4.69, 9.17) is 0 Å². The highest BCUT2D eigenvalue weighted by Crippen LogP contribution is 2.21. The molecule has 0 saturated heterocycles. The molecule has 0 radical (unpaired) electrons. The van der Waals surface area contributed by atoms with Gasteiger partial charge < -0.3 is 10.2 Å². The summed E-state index contributed by atoms with van der Waals surface area (Å²) in [5.41, 5.74) is 0. The lowest BCUT2D eigenvalue weighted by atomic mass is 10.4. The van der Waals surface area contributed by atoms with Crippen LogP contribution in [-0.4, -0.2) is 39.4 Å². The number of thiazole rings is 1. The zero-order valence-electron chi connectivity index (χ0n) is 12.3. The molecule has 0 unspecified atom stereocenters. The van der Waals surface area contributed by atoms with Crippen molar-refractivity contribution in [3.8, 4) is 0 Å². The van der Waals surface area contributed by atoms with Crippen LogP contribution in [0.1, 0.15) is 24.5 Å². The van der Waals surface area contributed by atoms with Crippen molar-refractivity contribution >= 4 is 16.5 Å². The van der Waals surface area contributed by atoms with Crippen LogP contribution >= 0.6 is 11.3 Å². The Morgan fingerprint density at radius 3 is 2.75 bits per heavy atom. The lowest BCUT2D eigenvalue weighted by Crippen LogP contribution is -2.21. The first-order valence-electron chi connectivity index (χ1n) is 6.97. The number of aryl methyl sites for hydroxylation is 1. The molecule has 6 nitrogen and oxygen atoms in total. The van der Waals surface area contributed by atoms with Crippen molar-refractivity contribution in [2.24, 2.45) is 7.05 Å². The second-order valence-electron chi connectivity index (χ2n) is 4.54. The highest BCUT2D eigenvalue weighted by atomic mass is 32.1. The molecule has 2 rings (SSSR count). The summed E-state index contributed by atoms with van der Waals surface area (Å²) < 4.78 is 1.73. The predicted octanol–water partition coefficient (Wildman–Crippen LogP) is 1.45. The predicted molar refractivity (Wildman–Crippen MR) is 82.1 cm³/mol. The number of nitrogens with zero attached hydrogens (tertiary/aromatic N) is 5. The molecule has 2 aromatic heterocycles. The number of hydrogen-bond acceptors (Lipinski definition) is 6. The summed E-state index contributed by atoms with van der Waals surface area (Å²) in [7, 11) is 1.88. The van der Waals surface area contributed by atoms with Gasteiger partial charge in [-0.1, -0.05) is 0 Å². The van der Waals surface area contributed by atoms with Crippen molar-refractivity contribution in [2.45, 2.75) is 26.8 Å². The van der Waals surface area contributed by atoms with Crippen LogP contribution in [0.2, 0.25) is 0 Å². The molecule has 2 heterocycles. The Bertz CT molecular complexity index is 516. The molecule has 20 heavy (non-hydrogen) atoms. The van der Waals surface area contributed by atoms with Gasteiger partial charge >= 0.3 is 0 Å². The van der Waals surface area contributed by atoms with Crippen LogP contribution in [0, 0.1) is 0 Å². The lowest BCUT2D eigenvalue weighted by Gasteiger charge is -2.16. The van der Waals surface area contributed by atoms with Crippen LogP contribution in [0.5, 0.6) is 0 Å². The van der Waals surface area contributed by atoms with Crippen LogP contribution in [0.25, 0.3) is 0 Å². The first-order valence-corrected chi connectivity index (χ1v) is 7.79. The maximum Gasteiger partial charge on any atom is 0.185 e. The van der Waals surface area contributed by atoms with Crippen molar-refractivity contribution in [1.82, 2.24) is 25.1 Å². The second kappa shape index (κ2) is 7.35. The van der Waals surface area contributed by atoms with Gasteiger partial charge in [-0.05, 0) is 13.8 Å². The molecule has 1 N–H and O–H groups in total. The first kappa shape index (κ1) is 14.9. The average molecular weight is 294 g/mol. The van der Waals surface area contributed by atoms with E-state index in [-0.39, 0.29) is 0 Å². The molecule has 0 aliphatic carbocycles. The highest BCUT2D eigenvalue weighted by molar-refractivity contribution is 7.15. The van der Waals surface area contributed by atoms with E-state index in [0.717, 1.165) is 43.6 Å². The third-order valence-electron chi connectivity index (χ3n) is 3.05. The first-order chi connectivity index (χ1) is 9.72. The molecule has 110 valence electrons. The molecule has 0 fully saturated rings. The van der Waals surface area contributed by atoms with Crippen molar-refractivity contribution in [2.75, 3.05) is 24.5 Å². The second-order valence-corrected chi connectivity index (χ2v) is 5.64. The normalized spacial score (nSPS) is 10.9. The summed E-state index contributed by atoms with van der Waals surface area (Å²) in [6, 6.07) is 0. The quantitative estimate of drug-likeness (QED) is 0.747. The van der Waals surface area contributed by atoms with Crippen LogP contribution in [0.15, 0.2) is 12.5 Å². The fourth-order valence-corrected chi connectivity index (χ4v) is 2.94. The van der Waals surface area contributed by atoms with Crippen LogP contribution < -0.4 is 10.2 Å². The van der Waals surface area contributed by atoms with E-state index in [0.29, 0.717) is 0 Å². The molecule has 0 aliphatic rings. The van der Waals surface area contributed by atoms with Gasteiger partial charge in [-0.2, -0.15) is 5.10 Å². The minimum absolute atomic E-state index is 0.850. The van der Waals surface area contributed by atoms with Gasteiger partial charge in [0.05, 0.1) is 0 Å². The van der Waals surface area contributed by atoms with Gasteiger partial charge in [0, 0.05) is 50.7 Å². The van der Waals surface area contributed by atoms with Gasteiger partial charge in [-0.15, -0.1) is 11.3 Å². The lowest BCUT2D eigenvalue weighted by molar-refractivity contribution is 0.665. The zero-order chi connectivity index (χ0) is 14.4. The van der Waals surface area contributed by atoms with Gasteiger partial charge in [0.1, 0.15) is 6.33 Å². The van der Waals surface area contributed by atoms with Crippen LogP contribution in [0.4, 0.5) is 5.13 Å². The van der Waals surface area contributed by atoms with E-state index >= 15 is 0 Å². The standard InChI is InChI=1S/C13H22N6S/c1-4-19(5-2)13-15-9-11(20-13)8-14-7-6-12-16-10-18(3)17-12/h9-10,14H,4-8H2,1-3H3. The highest BCUT2D eigenvalue weighted by Gasteiger charge is 2.07. The molecule has 0 atom stereocenters. The monoisotopic (exact) mass is 294 g/mol. The van der Waals surface area contributed by atoms with E-state index < -0.39 is 0 Å². The summed E-state index contributed by atoms with van der Waals surface area (Å²) in [6.07, 6.45) is 4.54. The minimum atomic E-state index is 0.850. The van der Waals surface area contributed by atoms with E-state index in [9.17, 15) is 0 Å². The Kier molecular flexibility index (Phi) is 5.49. The Morgan fingerprint density at radius 2 is 2.10 bits per heavy atom. The van der Waals surface area contributed by atoms with E-state index in [2.05, 4.69) is 39.1 Å². The fourth-order valence-electron chi connectivity index (χ4n) is 1.93. The van der Waals surface area contributed by atoms with E-state index in [1.807, 2.05) is 13.2 Å². The zero-order valence-corrected chi connectivity index (χ0v) is 13.2. The SMILES string of the molecule is CCN(CC)c1ncc(CNCCc2ncn(C)n2)s1. The van der Waals surface area contributed by atoms with Crippen LogP contribution in [-0.2, 0) is 20.0 Å². The van der Waals surface area contributed by atoms with Crippen LogP contribution in [0.3, 0.4) is 0 Å². The van der Waals surface area contributed by atoms with Gasteiger partial charge in [0.25, 0.3) is 0 Å². The summed E-state index contributed by atoms with van der Waals surface area (Å²) in [6.45, 7) is 8.05. The third kappa shape index (κ3) is 4.01. The molecule has 0 aromatic carbocycles. The Hall–Kier alpha value is -1.47. The summed E-state index contributed by atoms with van der Waals surface area (Å²) in [5.74, 6) is 0.883. The molecule has 7 heteroatoms. The minimum Gasteiger partial charge on any atom is -0.349 e. The molecule has 0 aliphatic heterocycles. The molecule has 0 amide bonds. The molecule has 0 bridgehead atoms. The van der Waals surface area contributed by atoms with Gasteiger partial charge in [0.15, 0.2) is 11.0 Å². The summed E-state index contributed by atoms with van der Waals surface area (Å²) in [5, 5.41) is 8.77. The van der Waals surface area contributed by atoms with Crippen molar-refractivity contribution in [3.63, 3.8) is 0 Å². The molecular weight excluding hydrogens is 272 g/mol. The largest absolute Gasteiger partial charge is 0.349 e. The summed E-state index contributed by atoms with van der Waals surface area (Å²) in [4.78, 5) is 12.2. The number of nitrogens with one attached hydrogen (secondary N) is 1. The average Bonchev–Trinajstić information content (AvgIpc) is 3.06. The Labute approximate surface area is 123 Å². The van der Waals surface area contributed by atoms with Crippen molar-refractivity contribution in [1.29, 1.82) is 0 Å². The van der Waals surface area contributed by atoms with Gasteiger partial charge in [0.2, 0.25) is 0 Å². The number of rotatable bonds is 8. The number of hydrogen-bond donors (Lipinski definition) is 1. The summed E-state index contributed by atoms with van der Waals surface area (Å²) >= 11 is 1.76. The van der Waals surface area contributed by atoms with Crippen molar-refractivity contribution < 1.29 is 0 Å². The van der Waals surface area contributed by atoms with Gasteiger partial charge in [-0.3, -0.25) is 4.68 Å². The molecule has 0 saturated carbocycles. The topological polar surface area (TPSA) is 58.9 Å². The maximum atomic E-state index is 4.47. The Morgan fingerprint density at radius 1 is 1.30 bits per heavy atom. The number of anilines is 1. The smallest absolute Gasteiger partial charge is 0.185 e.